The average molecular weight is 318 g/mol. The molecule has 0 aliphatic carbocycles. The van der Waals surface area contributed by atoms with Gasteiger partial charge in [-0.2, -0.15) is 0 Å². The second-order valence-corrected chi connectivity index (χ2v) is 4.80. The molecule has 8 heteroatoms. The van der Waals surface area contributed by atoms with Crippen molar-refractivity contribution >= 4 is 17.5 Å². The van der Waals surface area contributed by atoms with Gasteiger partial charge in [0.25, 0.3) is 5.56 Å². The second-order valence-electron chi connectivity index (χ2n) is 4.80. The highest BCUT2D eigenvalue weighted by atomic mass is 16.5. The van der Waals surface area contributed by atoms with Gasteiger partial charge in [0.05, 0.1) is 14.2 Å². The van der Waals surface area contributed by atoms with E-state index >= 15 is 0 Å². The Morgan fingerprint density at radius 3 is 2.57 bits per heavy atom. The van der Waals surface area contributed by atoms with Crippen LogP contribution in [0.25, 0.3) is 0 Å². The Bertz CT molecular complexity index is 786. The molecule has 0 radical (unpaired) electrons. The van der Waals surface area contributed by atoms with Crippen molar-refractivity contribution in [1.29, 1.82) is 0 Å². The molecule has 0 aliphatic heterocycles. The van der Waals surface area contributed by atoms with Crippen molar-refractivity contribution in [3.05, 3.63) is 40.3 Å². The Labute approximate surface area is 132 Å². The van der Waals surface area contributed by atoms with E-state index in [-0.39, 0.29) is 18.1 Å². The molecule has 1 amide bonds. The van der Waals surface area contributed by atoms with Crippen molar-refractivity contribution in [2.75, 3.05) is 25.3 Å². The lowest BCUT2D eigenvalue weighted by Crippen LogP contribution is -2.30. The smallest absolute Gasteiger partial charge is 0.255 e. The van der Waals surface area contributed by atoms with Gasteiger partial charge in [0.1, 0.15) is 6.54 Å². The number of benzene rings is 1. The number of hydrogen-bond donors (Lipinski definition) is 2. The van der Waals surface area contributed by atoms with Gasteiger partial charge in [-0.1, -0.05) is 0 Å². The van der Waals surface area contributed by atoms with Crippen LogP contribution in [-0.2, 0) is 11.3 Å². The first-order chi connectivity index (χ1) is 10.9. The minimum Gasteiger partial charge on any atom is -0.493 e. The zero-order valence-electron chi connectivity index (χ0n) is 13.1. The Balaban J connectivity index is 2.16. The standard InChI is InChI=1S/C15H18N4O4/c1-9-6-14(21)19(15(16)17-9)8-13(20)18-10-4-5-11(22-2)12(7-10)23-3/h4-7H,8H2,1-3H3,(H2,16,17)(H,18,20). The first-order valence-electron chi connectivity index (χ1n) is 6.80. The third kappa shape index (κ3) is 3.79. The quantitative estimate of drug-likeness (QED) is 0.843. The van der Waals surface area contributed by atoms with Crippen LogP contribution in [0, 0.1) is 6.92 Å². The largest absolute Gasteiger partial charge is 0.493 e. The molecule has 1 aromatic carbocycles. The molecular weight excluding hydrogens is 300 g/mol. The number of hydrogen-bond acceptors (Lipinski definition) is 6. The third-order valence-electron chi connectivity index (χ3n) is 3.13. The molecule has 0 spiro atoms. The lowest BCUT2D eigenvalue weighted by Gasteiger charge is -2.12. The van der Waals surface area contributed by atoms with Crippen molar-refractivity contribution in [2.45, 2.75) is 13.5 Å². The molecule has 0 fully saturated rings. The van der Waals surface area contributed by atoms with E-state index in [1.807, 2.05) is 0 Å². The van der Waals surface area contributed by atoms with Crippen molar-refractivity contribution in [3.63, 3.8) is 0 Å². The number of anilines is 2. The normalized spacial score (nSPS) is 10.2. The van der Waals surface area contributed by atoms with Crippen LogP contribution in [0.5, 0.6) is 11.5 Å². The summed E-state index contributed by atoms with van der Waals surface area (Å²) in [6.45, 7) is 1.43. The first-order valence-corrected chi connectivity index (χ1v) is 6.80. The number of amides is 1. The van der Waals surface area contributed by atoms with Crippen molar-refractivity contribution < 1.29 is 14.3 Å². The predicted octanol–water partition coefficient (Wildman–Crippen LogP) is 0.790. The number of nitrogens with one attached hydrogen (secondary N) is 1. The molecule has 122 valence electrons. The number of nitrogen functional groups attached to an aromatic ring is 1. The fourth-order valence-electron chi connectivity index (χ4n) is 2.06. The molecule has 0 bridgehead atoms. The van der Waals surface area contributed by atoms with Crippen LogP contribution in [0.4, 0.5) is 11.6 Å². The van der Waals surface area contributed by atoms with Crippen molar-refractivity contribution in [2.24, 2.45) is 0 Å². The summed E-state index contributed by atoms with van der Waals surface area (Å²) in [7, 11) is 3.03. The number of methoxy groups -OCH3 is 2. The van der Waals surface area contributed by atoms with Crippen LogP contribution in [0.15, 0.2) is 29.1 Å². The number of aryl methyl sites for hydroxylation is 1. The number of nitrogens with two attached hydrogens (primary N) is 1. The van der Waals surface area contributed by atoms with Crippen LogP contribution in [0.2, 0.25) is 0 Å². The first kappa shape index (κ1) is 16.3. The third-order valence-corrected chi connectivity index (χ3v) is 3.13. The van der Waals surface area contributed by atoms with Crippen LogP contribution in [0.1, 0.15) is 5.69 Å². The Morgan fingerprint density at radius 2 is 1.96 bits per heavy atom. The SMILES string of the molecule is COc1ccc(NC(=O)Cn2c(N)nc(C)cc2=O)cc1OC. The van der Waals surface area contributed by atoms with Gasteiger partial charge in [0, 0.05) is 23.5 Å². The summed E-state index contributed by atoms with van der Waals surface area (Å²) in [5.41, 5.74) is 6.32. The minimum absolute atomic E-state index is 0.00235. The van der Waals surface area contributed by atoms with Gasteiger partial charge >= 0.3 is 0 Å². The summed E-state index contributed by atoms with van der Waals surface area (Å²) in [6, 6.07) is 6.28. The molecule has 0 aliphatic rings. The number of ether oxygens (including phenoxy) is 2. The lowest BCUT2D eigenvalue weighted by molar-refractivity contribution is -0.116. The number of carbonyl (C=O) groups is 1. The van der Waals surface area contributed by atoms with Gasteiger partial charge in [-0.15, -0.1) is 0 Å². The molecule has 1 heterocycles. The molecule has 0 saturated carbocycles. The Kier molecular flexibility index (Phi) is 4.85. The maximum Gasteiger partial charge on any atom is 0.255 e. The molecule has 2 aromatic rings. The minimum atomic E-state index is -0.406. The molecule has 2 rings (SSSR count). The number of rotatable bonds is 5. The van der Waals surface area contributed by atoms with Crippen molar-refractivity contribution in [1.82, 2.24) is 9.55 Å². The zero-order valence-corrected chi connectivity index (χ0v) is 13.1. The van der Waals surface area contributed by atoms with Gasteiger partial charge in [0.2, 0.25) is 11.9 Å². The van der Waals surface area contributed by atoms with E-state index in [1.165, 1.54) is 20.3 Å². The van der Waals surface area contributed by atoms with E-state index in [0.29, 0.717) is 22.9 Å². The summed E-state index contributed by atoms with van der Waals surface area (Å²) >= 11 is 0. The van der Waals surface area contributed by atoms with Crippen molar-refractivity contribution in [3.8, 4) is 11.5 Å². The fourth-order valence-corrected chi connectivity index (χ4v) is 2.06. The fraction of sp³-hybridized carbons (Fsp3) is 0.267. The summed E-state index contributed by atoms with van der Waals surface area (Å²) in [5, 5.41) is 2.67. The van der Waals surface area contributed by atoms with E-state index in [1.54, 1.807) is 25.1 Å². The van der Waals surface area contributed by atoms with Crippen LogP contribution >= 0.6 is 0 Å². The number of aromatic nitrogens is 2. The molecule has 23 heavy (non-hydrogen) atoms. The topological polar surface area (TPSA) is 108 Å². The summed E-state index contributed by atoms with van der Waals surface area (Å²) in [5.74, 6) is 0.627. The molecule has 1 aromatic heterocycles. The molecule has 0 saturated heterocycles. The Hall–Kier alpha value is -3.03. The summed E-state index contributed by atoms with van der Waals surface area (Å²) < 4.78 is 11.4. The molecular formula is C15H18N4O4. The van der Waals surface area contributed by atoms with Gasteiger partial charge in [-0.3, -0.25) is 14.2 Å². The summed E-state index contributed by atoms with van der Waals surface area (Å²) in [4.78, 5) is 27.9. The highest BCUT2D eigenvalue weighted by molar-refractivity contribution is 5.91. The van der Waals surface area contributed by atoms with E-state index in [9.17, 15) is 9.59 Å². The molecule has 0 unspecified atom stereocenters. The predicted molar refractivity (Wildman–Crippen MR) is 85.8 cm³/mol. The summed E-state index contributed by atoms with van der Waals surface area (Å²) in [6.07, 6.45) is 0. The monoisotopic (exact) mass is 318 g/mol. The van der Waals surface area contributed by atoms with Gasteiger partial charge < -0.3 is 20.5 Å². The van der Waals surface area contributed by atoms with E-state index in [2.05, 4.69) is 10.3 Å². The number of carbonyl (C=O) groups excluding carboxylic acids is 1. The highest BCUT2D eigenvalue weighted by Gasteiger charge is 2.11. The van der Waals surface area contributed by atoms with Crippen LogP contribution < -0.4 is 26.1 Å². The lowest BCUT2D eigenvalue weighted by atomic mass is 10.2. The molecule has 3 N–H and O–H groups in total. The second kappa shape index (κ2) is 6.82. The molecule has 0 atom stereocenters. The highest BCUT2D eigenvalue weighted by Crippen LogP contribution is 2.29. The maximum absolute atomic E-state index is 12.1. The van der Waals surface area contributed by atoms with E-state index in [4.69, 9.17) is 15.2 Å². The molecule has 8 nitrogen and oxygen atoms in total. The Morgan fingerprint density at radius 1 is 1.26 bits per heavy atom. The maximum atomic E-state index is 12.1. The van der Waals surface area contributed by atoms with Gasteiger partial charge in [-0.25, -0.2) is 4.98 Å². The van der Waals surface area contributed by atoms with E-state index < -0.39 is 5.91 Å². The van der Waals surface area contributed by atoms with E-state index in [0.717, 1.165) is 4.57 Å². The number of nitrogens with zero attached hydrogens (tertiary/aromatic N) is 2. The van der Waals surface area contributed by atoms with Gasteiger partial charge in [0.15, 0.2) is 11.5 Å². The van der Waals surface area contributed by atoms with Crippen LogP contribution in [0.3, 0.4) is 0 Å². The van der Waals surface area contributed by atoms with Crippen LogP contribution in [-0.4, -0.2) is 29.7 Å². The van der Waals surface area contributed by atoms with Gasteiger partial charge in [-0.05, 0) is 19.1 Å². The average Bonchev–Trinajstić information content (AvgIpc) is 2.50. The zero-order chi connectivity index (χ0) is 17.0.